The van der Waals surface area contributed by atoms with Gasteiger partial charge >= 0.3 is 5.97 Å². The molecule has 0 bridgehead atoms. The number of methoxy groups -OCH3 is 1. The van der Waals surface area contributed by atoms with Gasteiger partial charge in [0.05, 0.1) is 7.11 Å². The van der Waals surface area contributed by atoms with Crippen LogP contribution in [0.5, 0.6) is 0 Å². The standard InChI is InChI=1S/C6H8N2O3/c1-11-6(10)4-8-5(9)2-3-7-8/h2-3,7H,4H2,1H3. The first-order valence-electron chi connectivity index (χ1n) is 3.05. The lowest BCUT2D eigenvalue weighted by Crippen LogP contribution is -2.22. The largest absolute Gasteiger partial charge is 0.468 e. The number of esters is 1. The first-order chi connectivity index (χ1) is 5.24. The van der Waals surface area contributed by atoms with Crippen molar-refractivity contribution in [1.29, 1.82) is 0 Å². The van der Waals surface area contributed by atoms with Crippen molar-refractivity contribution in [1.82, 2.24) is 9.78 Å². The van der Waals surface area contributed by atoms with Crippen LogP contribution in [0.25, 0.3) is 0 Å². The maximum absolute atomic E-state index is 10.8. The highest BCUT2D eigenvalue weighted by atomic mass is 16.5. The van der Waals surface area contributed by atoms with Crippen LogP contribution < -0.4 is 5.56 Å². The molecule has 0 spiro atoms. The molecule has 5 heteroatoms. The van der Waals surface area contributed by atoms with Crippen molar-refractivity contribution in [3.8, 4) is 0 Å². The summed E-state index contributed by atoms with van der Waals surface area (Å²) in [6.07, 6.45) is 1.46. The van der Waals surface area contributed by atoms with Crippen LogP contribution >= 0.6 is 0 Å². The molecule has 1 heterocycles. The summed E-state index contributed by atoms with van der Waals surface area (Å²) in [5.41, 5.74) is -0.240. The van der Waals surface area contributed by atoms with E-state index < -0.39 is 5.97 Å². The van der Waals surface area contributed by atoms with Gasteiger partial charge in [-0.05, 0) is 0 Å². The summed E-state index contributed by atoms with van der Waals surface area (Å²) >= 11 is 0. The average molecular weight is 156 g/mol. The van der Waals surface area contributed by atoms with E-state index in [1.54, 1.807) is 0 Å². The Labute approximate surface area is 62.6 Å². The second kappa shape index (κ2) is 3.05. The summed E-state index contributed by atoms with van der Waals surface area (Å²) in [5.74, 6) is -0.449. The van der Waals surface area contributed by atoms with Gasteiger partial charge < -0.3 is 9.84 Å². The fraction of sp³-hybridized carbons (Fsp3) is 0.333. The van der Waals surface area contributed by atoms with E-state index in [9.17, 15) is 9.59 Å². The molecule has 1 N–H and O–H groups in total. The number of ether oxygens (including phenoxy) is 1. The zero-order valence-corrected chi connectivity index (χ0v) is 6.03. The van der Waals surface area contributed by atoms with Gasteiger partial charge in [-0.25, -0.2) is 4.68 Å². The van der Waals surface area contributed by atoms with Crippen molar-refractivity contribution in [2.45, 2.75) is 6.54 Å². The van der Waals surface area contributed by atoms with E-state index >= 15 is 0 Å². The molecule has 11 heavy (non-hydrogen) atoms. The number of nitrogens with one attached hydrogen (secondary N) is 1. The number of hydrogen-bond donors (Lipinski definition) is 1. The normalized spacial score (nSPS) is 9.55. The second-order valence-corrected chi connectivity index (χ2v) is 1.96. The van der Waals surface area contributed by atoms with Crippen LogP contribution in [0.2, 0.25) is 0 Å². The lowest BCUT2D eigenvalue weighted by Gasteiger charge is -1.97. The third-order valence-electron chi connectivity index (χ3n) is 1.24. The Balaban J connectivity index is 2.72. The van der Waals surface area contributed by atoms with Gasteiger partial charge in [-0.2, -0.15) is 0 Å². The first kappa shape index (κ1) is 7.59. The van der Waals surface area contributed by atoms with E-state index in [-0.39, 0.29) is 12.1 Å². The number of aromatic amines is 1. The van der Waals surface area contributed by atoms with Crippen LogP contribution in [0, 0.1) is 0 Å². The molecule has 0 radical (unpaired) electrons. The van der Waals surface area contributed by atoms with Gasteiger partial charge in [0.15, 0.2) is 0 Å². The van der Waals surface area contributed by atoms with Gasteiger partial charge in [0.25, 0.3) is 5.56 Å². The molecule has 0 aliphatic rings. The molecule has 0 fully saturated rings. The lowest BCUT2D eigenvalue weighted by atomic mass is 10.6. The summed E-state index contributed by atoms with van der Waals surface area (Å²) in [7, 11) is 1.27. The van der Waals surface area contributed by atoms with E-state index in [0.29, 0.717) is 0 Å². The number of rotatable bonds is 2. The highest BCUT2D eigenvalue weighted by Gasteiger charge is 2.02. The molecule has 60 valence electrons. The number of nitrogens with zero attached hydrogens (tertiary/aromatic N) is 1. The van der Waals surface area contributed by atoms with Gasteiger partial charge in [0, 0.05) is 12.3 Å². The molecule has 0 aliphatic carbocycles. The van der Waals surface area contributed by atoms with Gasteiger partial charge in [-0.3, -0.25) is 9.59 Å². The molecule has 0 aromatic carbocycles. The summed E-state index contributed by atoms with van der Waals surface area (Å²) in [6, 6.07) is 1.34. The van der Waals surface area contributed by atoms with E-state index in [1.165, 1.54) is 19.4 Å². The lowest BCUT2D eigenvalue weighted by molar-refractivity contribution is -0.141. The molecule has 0 aliphatic heterocycles. The number of carbonyl (C=O) groups excluding carboxylic acids is 1. The number of aromatic nitrogens is 2. The Hall–Kier alpha value is -1.52. The van der Waals surface area contributed by atoms with Gasteiger partial charge in [0.1, 0.15) is 6.54 Å². The molecular weight excluding hydrogens is 148 g/mol. The van der Waals surface area contributed by atoms with Crippen LogP contribution in [0.3, 0.4) is 0 Å². The quantitative estimate of drug-likeness (QED) is 0.578. The predicted octanol–water partition coefficient (Wildman–Crippen LogP) is -0.651. The molecular formula is C6H8N2O3. The van der Waals surface area contributed by atoms with Crippen molar-refractivity contribution in [3.63, 3.8) is 0 Å². The Morgan fingerprint density at radius 2 is 2.55 bits per heavy atom. The van der Waals surface area contributed by atoms with Gasteiger partial charge in [-0.1, -0.05) is 0 Å². The minimum absolute atomic E-state index is 0.0671. The zero-order valence-electron chi connectivity index (χ0n) is 6.03. The maximum Gasteiger partial charge on any atom is 0.327 e. The third-order valence-corrected chi connectivity index (χ3v) is 1.24. The Bertz CT molecular complexity index is 299. The van der Waals surface area contributed by atoms with Crippen LogP contribution in [0.1, 0.15) is 0 Å². The zero-order chi connectivity index (χ0) is 8.27. The fourth-order valence-corrected chi connectivity index (χ4v) is 0.669. The molecule has 1 aromatic rings. The fourth-order valence-electron chi connectivity index (χ4n) is 0.669. The SMILES string of the molecule is COC(=O)Cn1[nH]ccc1=O. The third kappa shape index (κ3) is 1.70. The van der Waals surface area contributed by atoms with Crippen LogP contribution in [0.15, 0.2) is 17.1 Å². The van der Waals surface area contributed by atoms with E-state index in [1.807, 2.05) is 0 Å². The molecule has 1 rings (SSSR count). The Morgan fingerprint density at radius 3 is 3.00 bits per heavy atom. The molecule has 5 nitrogen and oxygen atoms in total. The monoisotopic (exact) mass is 156 g/mol. The number of H-pyrrole nitrogens is 1. The number of carbonyl (C=O) groups is 1. The summed E-state index contributed by atoms with van der Waals surface area (Å²) in [6.45, 7) is -0.0671. The predicted molar refractivity (Wildman–Crippen MR) is 37.1 cm³/mol. The van der Waals surface area contributed by atoms with Gasteiger partial charge in [-0.15, -0.1) is 0 Å². The first-order valence-corrected chi connectivity index (χ1v) is 3.05. The summed E-state index contributed by atoms with van der Waals surface area (Å²) < 4.78 is 5.52. The highest BCUT2D eigenvalue weighted by molar-refractivity contribution is 5.68. The van der Waals surface area contributed by atoms with Crippen LogP contribution in [0.4, 0.5) is 0 Å². The second-order valence-electron chi connectivity index (χ2n) is 1.96. The van der Waals surface area contributed by atoms with Crippen molar-refractivity contribution >= 4 is 5.97 Å². The minimum Gasteiger partial charge on any atom is -0.468 e. The molecule has 0 unspecified atom stereocenters. The molecule has 0 saturated carbocycles. The van der Waals surface area contributed by atoms with Crippen molar-refractivity contribution < 1.29 is 9.53 Å². The molecule has 0 amide bonds. The minimum atomic E-state index is -0.449. The molecule has 0 atom stereocenters. The topological polar surface area (TPSA) is 64.1 Å². The Kier molecular flexibility index (Phi) is 2.10. The van der Waals surface area contributed by atoms with Crippen molar-refractivity contribution in [3.05, 3.63) is 22.6 Å². The average Bonchev–Trinajstić information content (AvgIpc) is 2.37. The maximum atomic E-state index is 10.8. The van der Waals surface area contributed by atoms with Crippen LogP contribution in [-0.2, 0) is 16.1 Å². The molecule has 0 saturated heterocycles. The smallest absolute Gasteiger partial charge is 0.327 e. The summed E-state index contributed by atoms with van der Waals surface area (Å²) in [4.78, 5) is 21.4. The van der Waals surface area contributed by atoms with E-state index in [4.69, 9.17) is 0 Å². The van der Waals surface area contributed by atoms with Crippen molar-refractivity contribution in [2.75, 3.05) is 7.11 Å². The van der Waals surface area contributed by atoms with E-state index in [0.717, 1.165) is 4.68 Å². The molecule has 1 aromatic heterocycles. The van der Waals surface area contributed by atoms with Crippen LogP contribution in [-0.4, -0.2) is 22.9 Å². The number of hydrogen-bond acceptors (Lipinski definition) is 3. The Morgan fingerprint density at radius 1 is 1.82 bits per heavy atom. The van der Waals surface area contributed by atoms with E-state index in [2.05, 4.69) is 9.84 Å². The van der Waals surface area contributed by atoms with Gasteiger partial charge in [0.2, 0.25) is 0 Å². The van der Waals surface area contributed by atoms with Crippen molar-refractivity contribution in [2.24, 2.45) is 0 Å². The highest BCUT2D eigenvalue weighted by Crippen LogP contribution is 1.79. The summed E-state index contributed by atoms with van der Waals surface area (Å²) in [5, 5.41) is 2.57.